The molecule has 0 aliphatic heterocycles. The molecule has 0 heterocycles. The van der Waals surface area contributed by atoms with Crippen molar-refractivity contribution in [3.05, 3.63) is 24.3 Å². The number of ether oxygens (including phenoxy) is 3. The van der Waals surface area contributed by atoms with Crippen LogP contribution < -0.4 is 0 Å². The molecule has 0 radical (unpaired) electrons. The standard InChI is InChI=1S/C51H94O6/c1-4-7-10-13-16-19-22-24-26-28-29-32-35-38-41-44-50(53)56-47-48(46-55-49(52)43-40-37-34-31-21-18-15-12-9-6-3)57-51(54)45-42-39-36-33-30-27-25-23-20-17-14-11-8-5-2/h12,15,24,26,48H,4-11,13-14,16-23,25,27-47H2,1-3H3/b15-12-,26-24-. The molecule has 0 amide bonds. The van der Waals surface area contributed by atoms with Crippen LogP contribution in [-0.4, -0.2) is 37.2 Å². The predicted molar refractivity (Wildman–Crippen MR) is 243 cm³/mol. The third kappa shape index (κ3) is 44.8. The van der Waals surface area contributed by atoms with E-state index in [9.17, 15) is 14.4 Å². The molecular weight excluding hydrogens is 709 g/mol. The van der Waals surface area contributed by atoms with Crippen molar-refractivity contribution in [2.45, 2.75) is 271 Å². The van der Waals surface area contributed by atoms with Crippen LogP contribution in [0.2, 0.25) is 0 Å². The molecule has 0 spiro atoms. The molecule has 0 aromatic heterocycles. The van der Waals surface area contributed by atoms with Crippen LogP contribution in [0.25, 0.3) is 0 Å². The average molecular weight is 803 g/mol. The van der Waals surface area contributed by atoms with Crippen molar-refractivity contribution in [2.75, 3.05) is 13.2 Å². The van der Waals surface area contributed by atoms with Crippen molar-refractivity contribution in [2.24, 2.45) is 0 Å². The first-order valence-electron chi connectivity index (χ1n) is 24.8. The van der Waals surface area contributed by atoms with Gasteiger partial charge in [0, 0.05) is 19.3 Å². The Labute approximate surface area is 353 Å². The zero-order valence-electron chi connectivity index (χ0n) is 38.1. The summed E-state index contributed by atoms with van der Waals surface area (Å²) in [4.78, 5) is 37.8. The highest BCUT2D eigenvalue weighted by Crippen LogP contribution is 2.15. The van der Waals surface area contributed by atoms with E-state index in [-0.39, 0.29) is 31.1 Å². The first-order valence-corrected chi connectivity index (χ1v) is 24.8. The van der Waals surface area contributed by atoms with E-state index in [1.165, 1.54) is 148 Å². The fourth-order valence-corrected chi connectivity index (χ4v) is 7.15. The molecule has 1 unspecified atom stereocenters. The molecule has 6 nitrogen and oxygen atoms in total. The van der Waals surface area contributed by atoms with Gasteiger partial charge in [-0.05, 0) is 64.2 Å². The Hall–Kier alpha value is -2.11. The van der Waals surface area contributed by atoms with Gasteiger partial charge in [-0.15, -0.1) is 0 Å². The number of hydrogen-bond donors (Lipinski definition) is 0. The Balaban J connectivity index is 4.34. The number of allylic oxidation sites excluding steroid dienone is 4. The molecule has 0 bridgehead atoms. The molecule has 0 aliphatic carbocycles. The van der Waals surface area contributed by atoms with E-state index in [4.69, 9.17) is 14.2 Å². The molecule has 0 saturated carbocycles. The maximum Gasteiger partial charge on any atom is 0.306 e. The molecule has 0 saturated heterocycles. The summed E-state index contributed by atoms with van der Waals surface area (Å²) in [6.07, 6.45) is 51.6. The molecule has 0 aromatic carbocycles. The second-order valence-electron chi connectivity index (χ2n) is 16.7. The maximum atomic E-state index is 12.7. The van der Waals surface area contributed by atoms with Gasteiger partial charge >= 0.3 is 17.9 Å². The summed E-state index contributed by atoms with van der Waals surface area (Å²) in [7, 11) is 0. The largest absolute Gasteiger partial charge is 0.462 e. The molecule has 0 aliphatic rings. The Morgan fingerprint density at radius 3 is 0.947 bits per heavy atom. The summed E-state index contributed by atoms with van der Waals surface area (Å²) in [5.41, 5.74) is 0. The average Bonchev–Trinajstić information content (AvgIpc) is 3.21. The van der Waals surface area contributed by atoms with Gasteiger partial charge in [-0.3, -0.25) is 14.4 Å². The van der Waals surface area contributed by atoms with Crippen LogP contribution in [-0.2, 0) is 28.6 Å². The van der Waals surface area contributed by atoms with E-state index in [2.05, 4.69) is 45.1 Å². The quantitative estimate of drug-likeness (QED) is 0.0264. The van der Waals surface area contributed by atoms with Crippen LogP contribution in [0.5, 0.6) is 0 Å². The van der Waals surface area contributed by atoms with Crippen molar-refractivity contribution >= 4 is 17.9 Å². The minimum absolute atomic E-state index is 0.0750. The normalized spacial score (nSPS) is 12.1. The Morgan fingerprint density at radius 1 is 0.333 bits per heavy atom. The Bertz CT molecular complexity index is 927. The molecule has 57 heavy (non-hydrogen) atoms. The predicted octanol–water partition coefficient (Wildman–Crippen LogP) is 16.0. The molecular formula is C51H94O6. The lowest BCUT2D eigenvalue weighted by molar-refractivity contribution is -0.167. The summed E-state index contributed by atoms with van der Waals surface area (Å²) >= 11 is 0. The van der Waals surface area contributed by atoms with Crippen LogP contribution in [0.3, 0.4) is 0 Å². The minimum atomic E-state index is -0.771. The van der Waals surface area contributed by atoms with E-state index >= 15 is 0 Å². The zero-order valence-corrected chi connectivity index (χ0v) is 38.1. The smallest absolute Gasteiger partial charge is 0.306 e. The van der Waals surface area contributed by atoms with Crippen molar-refractivity contribution in [3.63, 3.8) is 0 Å². The van der Waals surface area contributed by atoms with E-state index < -0.39 is 6.10 Å². The number of esters is 3. The second-order valence-corrected chi connectivity index (χ2v) is 16.7. The summed E-state index contributed by atoms with van der Waals surface area (Å²) in [6, 6.07) is 0. The van der Waals surface area contributed by atoms with E-state index in [1.54, 1.807) is 0 Å². The SMILES string of the molecule is CCC/C=C\CCCCCCCC(=O)OCC(COC(=O)CCCCCCC/C=C\CCCCCCCC)OC(=O)CCCCCCCCCCCCCCCC. The first kappa shape index (κ1) is 54.9. The van der Waals surface area contributed by atoms with Gasteiger partial charge in [0.2, 0.25) is 0 Å². The van der Waals surface area contributed by atoms with Gasteiger partial charge in [-0.2, -0.15) is 0 Å². The monoisotopic (exact) mass is 803 g/mol. The summed E-state index contributed by atoms with van der Waals surface area (Å²) in [6.45, 7) is 6.57. The lowest BCUT2D eigenvalue weighted by Crippen LogP contribution is -2.30. The minimum Gasteiger partial charge on any atom is -0.462 e. The summed E-state index contributed by atoms with van der Waals surface area (Å²) in [5.74, 6) is -0.884. The van der Waals surface area contributed by atoms with E-state index in [0.717, 1.165) is 77.0 Å². The fourth-order valence-electron chi connectivity index (χ4n) is 7.15. The Morgan fingerprint density at radius 2 is 0.614 bits per heavy atom. The maximum absolute atomic E-state index is 12.7. The molecule has 0 rings (SSSR count). The van der Waals surface area contributed by atoms with Crippen LogP contribution in [0.15, 0.2) is 24.3 Å². The van der Waals surface area contributed by atoms with Gasteiger partial charge in [0.1, 0.15) is 13.2 Å². The molecule has 334 valence electrons. The molecule has 6 heteroatoms. The highest BCUT2D eigenvalue weighted by atomic mass is 16.6. The third-order valence-corrected chi connectivity index (χ3v) is 10.9. The highest BCUT2D eigenvalue weighted by Gasteiger charge is 2.19. The van der Waals surface area contributed by atoms with Gasteiger partial charge in [0.25, 0.3) is 0 Å². The summed E-state index contributed by atoms with van der Waals surface area (Å²) < 4.78 is 16.7. The third-order valence-electron chi connectivity index (χ3n) is 10.9. The lowest BCUT2D eigenvalue weighted by atomic mass is 10.0. The molecule has 1 atom stereocenters. The number of rotatable bonds is 45. The van der Waals surface area contributed by atoms with E-state index in [0.29, 0.717) is 19.3 Å². The van der Waals surface area contributed by atoms with Crippen molar-refractivity contribution in [3.8, 4) is 0 Å². The van der Waals surface area contributed by atoms with Gasteiger partial charge in [0.05, 0.1) is 0 Å². The Kier molecular flexibility index (Phi) is 44.9. The number of carbonyl (C=O) groups excluding carboxylic acids is 3. The van der Waals surface area contributed by atoms with Crippen LogP contribution in [0.4, 0.5) is 0 Å². The summed E-state index contributed by atoms with van der Waals surface area (Å²) in [5, 5.41) is 0. The number of carbonyl (C=O) groups is 3. The van der Waals surface area contributed by atoms with Crippen LogP contribution in [0, 0.1) is 0 Å². The fraction of sp³-hybridized carbons (Fsp3) is 0.863. The van der Waals surface area contributed by atoms with Crippen molar-refractivity contribution in [1.82, 2.24) is 0 Å². The van der Waals surface area contributed by atoms with Crippen molar-refractivity contribution < 1.29 is 28.6 Å². The first-order chi connectivity index (χ1) is 28.0. The second kappa shape index (κ2) is 46.6. The lowest BCUT2D eigenvalue weighted by Gasteiger charge is -2.18. The van der Waals surface area contributed by atoms with Crippen LogP contribution >= 0.6 is 0 Å². The van der Waals surface area contributed by atoms with Crippen LogP contribution in [0.1, 0.15) is 265 Å². The van der Waals surface area contributed by atoms with E-state index in [1.807, 2.05) is 0 Å². The topological polar surface area (TPSA) is 78.9 Å². The van der Waals surface area contributed by atoms with Gasteiger partial charge in [-0.25, -0.2) is 0 Å². The molecule has 0 N–H and O–H groups in total. The van der Waals surface area contributed by atoms with Gasteiger partial charge < -0.3 is 14.2 Å². The van der Waals surface area contributed by atoms with Gasteiger partial charge in [0.15, 0.2) is 6.10 Å². The highest BCUT2D eigenvalue weighted by molar-refractivity contribution is 5.71. The van der Waals surface area contributed by atoms with Crippen molar-refractivity contribution in [1.29, 1.82) is 0 Å². The zero-order chi connectivity index (χ0) is 41.5. The molecule has 0 fully saturated rings. The molecule has 0 aromatic rings. The van der Waals surface area contributed by atoms with Gasteiger partial charge in [-0.1, -0.05) is 206 Å². The number of hydrogen-bond acceptors (Lipinski definition) is 6. The number of unbranched alkanes of at least 4 members (excludes halogenated alkanes) is 30.